The molecule has 5 heterocycles. The fourth-order valence-electron chi connectivity index (χ4n) is 11.8. The van der Waals surface area contributed by atoms with E-state index in [9.17, 15) is 0 Å². The molecule has 6 heteroatoms. The van der Waals surface area contributed by atoms with Crippen LogP contribution in [0, 0.1) is 0 Å². The van der Waals surface area contributed by atoms with Gasteiger partial charge in [0.05, 0.1) is 16.7 Å². The molecule has 0 saturated carbocycles. The van der Waals surface area contributed by atoms with Crippen LogP contribution in [0.15, 0.2) is 162 Å². The van der Waals surface area contributed by atoms with Gasteiger partial charge in [-0.05, 0) is 134 Å². The van der Waals surface area contributed by atoms with Crippen molar-refractivity contribution in [3.63, 3.8) is 0 Å². The van der Waals surface area contributed by atoms with E-state index >= 15 is 0 Å². The van der Waals surface area contributed by atoms with E-state index < -0.39 is 0 Å². The van der Waals surface area contributed by atoms with E-state index in [4.69, 9.17) is 4.42 Å². The average molecular weight is 956 g/mol. The third kappa shape index (κ3) is 6.78. The van der Waals surface area contributed by atoms with Crippen molar-refractivity contribution in [2.24, 2.45) is 0 Å². The monoisotopic (exact) mass is 955 g/mol. The number of rotatable bonds is 4. The Balaban J connectivity index is 1.13. The summed E-state index contributed by atoms with van der Waals surface area (Å²) in [4.78, 5) is 5.04. The van der Waals surface area contributed by atoms with Gasteiger partial charge >= 0.3 is 6.85 Å². The van der Waals surface area contributed by atoms with E-state index in [0.717, 1.165) is 50.8 Å². The summed E-state index contributed by atoms with van der Waals surface area (Å²) in [6.45, 7) is 27.3. The molecular formula is C66H62BN3OS. The van der Waals surface area contributed by atoms with Crippen LogP contribution in [0.3, 0.4) is 0 Å². The molecule has 0 unspecified atom stereocenters. The molecule has 0 fully saturated rings. The van der Waals surface area contributed by atoms with E-state index in [0.29, 0.717) is 0 Å². The molecule has 11 aromatic rings. The summed E-state index contributed by atoms with van der Waals surface area (Å²) in [5.41, 5.74) is 20.1. The summed E-state index contributed by atoms with van der Waals surface area (Å²) < 4.78 is 12.7. The van der Waals surface area contributed by atoms with E-state index in [2.05, 4.69) is 255 Å². The summed E-state index contributed by atoms with van der Waals surface area (Å²) in [6, 6.07) is 60.4. The van der Waals surface area contributed by atoms with Crippen LogP contribution in [0.4, 0.5) is 28.4 Å². The Kier molecular flexibility index (Phi) is 9.51. The van der Waals surface area contributed by atoms with Crippen LogP contribution >= 0.6 is 11.3 Å². The minimum atomic E-state index is -0.267. The zero-order valence-corrected chi connectivity index (χ0v) is 44.6. The van der Waals surface area contributed by atoms with E-state index in [1.807, 2.05) is 11.3 Å². The van der Waals surface area contributed by atoms with Crippen LogP contribution in [0.25, 0.3) is 69.8 Å². The van der Waals surface area contributed by atoms with E-state index in [1.165, 1.54) is 80.8 Å². The van der Waals surface area contributed by atoms with Gasteiger partial charge in [0.2, 0.25) is 0 Å². The first kappa shape index (κ1) is 44.9. The van der Waals surface area contributed by atoms with E-state index in [1.54, 1.807) is 0 Å². The van der Waals surface area contributed by atoms with Gasteiger partial charge in [0.1, 0.15) is 11.2 Å². The van der Waals surface area contributed by atoms with Gasteiger partial charge in [0.15, 0.2) is 0 Å². The number of hydrogen-bond donors (Lipinski definition) is 0. The fourth-order valence-corrected chi connectivity index (χ4v) is 12.9. The first-order valence-electron chi connectivity index (χ1n) is 25.8. The second kappa shape index (κ2) is 15.3. The predicted molar refractivity (Wildman–Crippen MR) is 312 cm³/mol. The molecule has 72 heavy (non-hydrogen) atoms. The molecule has 8 aromatic carbocycles. The normalized spacial score (nSPS) is 13.8. The highest BCUT2D eigenvalue weighted by Crippen LogP contribution is 2.50. The zero-order valence-electron chi connectivity index (χ0n) is 43.7. The molecule has 2 aliphatic rings. The summed E-state index contributed by atoms with van der Waals surface area (Å²) >= 11 is 1.89. The molecule has 0 aliphatic carbocycles. The van der Waals surface area contributed by atoms with Gasteiger partial charge in [-0.2, -0.15) is 0 Å². The zero-order chi connectivity index (χ0) is 50.0. The van der Waals surface area contributed by atoms with Crippen molar-refractivity contribution in [1.82, 2.24) is 4.57 Å². The summed E-state index contributed by atoms with van der Waals surface area (Å²) in [7, 11) is 0. The van der Waals surface area contributed by atoms with Crippen LogP contribution in [0.2, 0.25) is 0 Å². The smallest absolute Gasteiger partial charge is 0.375 e. The number of fused-ring (bicyclic) bond motifs is 13. The summed E-state index contributed by atoms with van der Waals surface area (Å²) in [5, 5.41) is 6.29. The molecule has 0 amide bonds. The molecule has 0 N–H and O–H groups in total. The lowest BCUT2D eigenvalue weighted by atomic mass is 9.46. The van der Waals surface area contributed by atoms with Gasteiger partial charge < -0.3 is 18.7 Å². The molecule has 356 valence electrons. The van der Waals surface area contributed by atoms with Crippen molar-refractivity contribution in [1.29, 1.82) is 0 Å². The number of furan rings is 1. The first-order valence-corrected chi connectivity index (χ1v) is 26.6. The first-order chi connectivity index (χ1) is 34.2. The largest absolute Gasteiger partial charge is 0.466 e. The molecule has 4 nitrogen and oxygen atoms in total. The second-order valence-electron chi connectivity index (χ2n) is 24.7. The minimum absolute atomic E-state index is 0.00261. The molecule has 2 aliphatic heterocycles. The topological polar surface area (TPSA) is 24.6 Å². The van der Waals surface area contributed by atoms with Crippen molar-refractivity contribution in [2.45, 2.75) is 105 Å². The molecule has 0 saturated heterocycles. The van der Waals surface area contributed by atoms with Crippen molar-refractivity contribution in [3.05, 3.63) is 180 Å². The maximum Gasteiger partial charge on any atom is 0.375 e. The molecule has 0 bridgehead atoms. The Bertz CT molecular complexity index is 3950. The number of anilines is 5. The average Bonchev–Trinajstić information content (AvgIpc) is 4.01. The Labute approximate surface area is 428 Å². The third-order valence-electron chi connectivity index (χ3n) is 15.8. The standard InChI is InChI=1S/C66H62BN3OS/c1-63(2,3)39-17-24-43(25-18-39)68(44-26-19-40(20-27-44)64(4,5)6)46-30-31-47-49-32-33-50-51-38-58-52(48-15-13-14-16-57(48)72-58)37-54(51)69-60(50)59(49)67(62-61(69)53-35-42(66(10,11)12)23-34-56(53)71-62)70(55(47)36-46)45-28-21-41(22-29-45)65(7,8)9/h13-38H,1-12H3. The summed E-state index contributed by atoms with van der Waals surface area (Å²) in [6.07, 6.45) is 0. The van der Waals surface area contributed by atoms with Crippen LogP contribution in [0.5, 0.6) is 0 Å². The lowest BCUT2D eigenvalue weighted by Crippen LogP contribution is -2.60. The summed E-state index contributed by atoms with van der Waals surface area (Å²) in [5.74, 6) is 0. The third-order valence-corrected chi connectivity index (χ3v) is 16.9. The lowest BCUT2D eigenvalue weighted by molar-refractivity contribution is 0.590. The molecular weight excluding hydrogens is 894 g/mol. The number of aromatic nitrogens is 1. The Morgan fingerprint density at radius 3 is 1.65 bits per heavy atom. The van der Waals surface area contributed by atoms with Crippen molar-refractivity contribution in [2.75, 3.05) is 9.71 Å². The van der Waals surface area contributed by atoms with Crippen LogP contribution in [0.1, 0.15) is 105 Å². The minimum Gasteiger partial charge on any atom is -0.466 e. The number of nitrogens with zero attached hydrogens (tertiary/aromatic N) is 3. The second-order valence-corrected chi connectivity index (χ2v) is 25.8. The molecule has 3 aromatic heterocycles. The molecule has 13 rings (SSSR count). The number of thiophene rings is 1. The van der Waals surface area contributed by atoms with Gasteiger partial charge in [-0.15, -0.1) is 11.3 Å². The Morgan fingerprint density at radius 1 is 0.458 bits per heavy atom. The van der Waals surface area contributed by atoms with Gasteiger partial charge in [0, 0.05) is 70.3 Å². The quantitative estimate of drug-likeness (QED) is 0.164. The van der Waals surface area contributed by atoms with Crippen LogP contribution < -0.4 is 20.8 Å². The van der Waals surface area contributed by atoms with Gasteiger partial charge in [-0.25, -0.2) is 0 Å². The molecule has 0 atom stereocenters. The fraction of sp³-hybridized carbons (Fsp3) is 0.242. The van der Waals surface area contributed by atoms with Crippen LogP contribution in [-0.4, -0.2) is 11.4 Å². The van der Waals surface area contributed by atoms with Crippen molar-refractivity contribution < 1.29 is 4.42 Å². The Morgan fingerprint density at radius 2 is 1.03 bits per heavy atom. The number of hydrogen-bond acceptors (Lipinski definition) is 4. The van der Waals surface area contributed by atoms with Gasteiger partial charge in [-0.1, -0.05) is 162 Å². The maximum atomic E-state index is 7.47. The maximum absolute atomic E-state index is 7.47. The van der Waals surface area contributed by atoms with Crippen molar-refractivity contribution in [3.8, 4) is 16.8 Å². The Hall–Kier alpha value is -7.02. The lowest BCUT2D eigenvalue weighted by Gasteiger charge is -2.41. The predicted octanol–water partition coefficient (Wildman–Crippen LogP) is 17.8. The highest BCUT2D eigenvalue weighted by Gasteiger charge is 2.47. The molecule has 0 spiro atoms. The molecule has 0 radical (unpaired) electrons. The van der Waals surface area contributed by atoms with Crippen molar-refractivity contribution >= 4 is 111 Å². The van der Waals surface area contributed by atoms with E-state index in [-0.39, 0.29) is 28.5 Å². The SMILES string of the molecule is CC(C)(C)c1ccc(N2B3c4oc5ccc(C(C)(C)C)cc5c4-n4c5cc6c(cc5c5ccc(c3c54)-c3ccc(N(c4ccc(C(C)(C)C)cc4)c4ccc(C(C)(C)C)cc4)cc32)sc2ccccc26)cc1. The number of benzene rings is 8. The van der Waals surface area contributed by atoms with Gasteiger partial charge in [0.25, 0.3) is 0 Å². The van der Waals surface area contributed by atoms with Crippen LogP contribution in [-0.2, 0) is 21.7 Å². The van der Waals surface area contributed by atoms with Gasteiger partial charge in [-0.3, -0.25) is 0 Å². The highest BCUT2D eigenvalue weighted by molar-refractivity contribution is 7.25. The highest BCUT2D eigenvalue weighted by atomic mass is 32.1.